The van der Waals surface area contributed by atoms with Crippen molar-refractivity contribution in [2.45, 2.75) is 31.9 Å². The molecule has 1 aliphatic rings. The van der Waals surface area contributed by atoms with Crippen molar-refractivity contribution in [1.29, 1.82) is 0 Å². The molecule has 0 aliphatic carbocycles. The maximum Gasteiger partial charge on any atom is 0.251 e. The average Bonchev–Trinajstić information content (AvgIpc) is 2.16. The van der Waals surface area contributed by atoms with E-state index in [0.29, 0.717) is 6.54 Å². The second kappa shape index (κ2) is 4.41. The molecule has 0 aromatic heterocycles. The van der Waals surface area contributed by atoms with Crippen LogP contribution in [-0.2, 0) is 9.59 Å². The number of piperidine rings is 1. The Hall–Kier alpha value is -1.10. The molecule has 2 amide bonds. The van der Waals surface area contributed by atoms with Gasteiger partial charge in [0.2, 0.25) is 5.91 Å². The van der Waals surface area contributed by atoms with E-state index in [1.54, 1.807) is 6.42 Å². The van der Waals surface area contributed by atoms with Gasteiger partial charge >= 0.3 is 0 Å². The molecule has 0 bridgehead atoms. The Morgan fingerprint density at radius 2 is 2.29 bits per heavy atom. The highest BCUT2D eigenvalue weighted by atomic mass is 16.3. The molecule has 1 saturated heterocycles. The number of carbonyl (C=O) groups is 2. The van der Waals surface area contributed by atoms with E-state index in [2.05, 4.69) is 0 Å². The molecule has 1 aliphatic heterocycles. The Kier molecular flexibility index (Phi) is 3.46. The van der Waals surface area contributed by atoms with Crippen molar-refractivity contribution >= 4 is 11.8 Å². The number of hydrogen-bond donors (Lipinski definition) is 2. The summed E-state index contributed by atoms with van der Waals surface area (Å²) in [5.74, 6) is -0.983. The zero-order valence-electron chi connectivity index (χ0n) is 8.14. The van der Waals surface area contributed by atoms with E-state index < -0.39 is 24.0 Å². The fourth-order valence-electron chi connectivity index (χ4n) is 1.56. The van der Waals surface area contributed by atoms with Crippen LogP contribution >= 0.6 is 0 Å². The fourth-order valence-corrected chi connectivity index (χ4v) is 1.56. The van der Waals surface area contributed by atoms with Crippen LogP contribution in [0.3, 0.4) is 0 Å². The Labute approximate surface area is 82.9 Å². The van der Waals surface area contributed by atoms with Crippen LogP contribution in [0.25, 0.3) is 0 Å². The lowest BCUT2D eigenvalue weighted by Gasteiger charge is -2.34. The fraction of sp³-hybridized carbons (Fsp3) is 0.667. The van der Waals surface area contributed by atoms with Gasteiger partial charge in [0.25, 0.3) is 5.91 Å². The van der Waals surface area contributed by atoms with Gasteiger partial charge in [-0.3, -0.25) is 9.59 Å². The van der Waals surface area contributed by atoms with Crippen LogP contribution in [-0.4, -0.2) is 40.5 Å². The largest absolute Gasteiger partial charge is 0.384 e. The predicted molar refractivity (Wildman–Crippen MR) is 49.9 cm³/mol. The van der Waals surface area contributed by atoms with Crippen LogP contribution in [0.2, 0.25) is 0 Å². The number of rotatable bonds is 2. The van der Waals surface area contributed by atoms with Crippen molar-refractivity contribution < 1.29 is 14.7 Å². The summed E-state index contributed by atoms with van der Waals surface area (Å²) in [6.45, 7) is 1.86. The number of hydrogen-bond acceptors (Lipinski definition) is 3. The molecule has 3 N–H and O–H groups in total. The van der Waals surface area contributed by atoms with Crippen molar-refractivity contribution in [3.8, 4) is 0 Å². The third-order valence-corrected chi connectivity index (χ3v) is 2.26. The Bertz CT molecular complexity index is 240. The van der Waals surface area contributed by atoms with Crippen molar-refractivity contribution in [3.63, 3.8) is 0 Å². The molecule has 0 aromatic rings. The number of nitrogens with two attached hydrogens (primary N) is 1. The number of primary amides is 1. The first-order valence-electron chi connectivity index (χ1n) is 4.65. The van der Waals surface area contributed by atoms with E-state index in [9.17, 15) is 9.59 Å². The zero-order chi connectivity index (χ0) is 10.7. The van der Waals surface area contributed by atoms with Gasteiger partial charge in [0.05, 0.1) is 0 Å². The molecule has 0 unspecified atom stereocenters. The van der Waals surface area contributed by atoms with Crippen molar-refractivity contribution in [2.24, 2.45) is 5.73 Å². The Morgan fingerprint density at radius 1 is 1.64 bits per heavy atom. The van der Waals surface area contributed by atoms with Gasteiger partial charge in [0.1, 0.15) is 12.1 Å². The minimum Gasteiger partial charge on any atom is -0.384 e. The molecule has 1 fully saturated rings. The van der Waals surface area contributed by atoms with Gasteiger partial charge in [0, 0.05) is 6.54 Å². The molecular formula is C9H15N2O3. The van der Waals surface area contributed by atoms with Gasteiger partial charge in [-0.15, -0.1) is 0 Å². The lowest BCUT2D eigenvalue weighted by atomic mass is 10.0. The van der Waals surface area contributed by atoms with E-state index >= 15 is 0 Å². The first kappa shape index (κ1) is 11.0. The molecule has 0 aromatic carbocycles. The molecule has 1 rings (SSSR count). The van der Waals surface area contributed by atoms with Crippen LogP contribution in [0.5, 0.6) is 0 Å². The third kappa shape index (κ3) is 2.23. The molecule has 2 atom stereocenters. The molecule has 5 heteroatoms. The number of aliphatic hydroxyl groups excluding tert-OH is 1. The summed E-state index contributed by atoms with van der Waals surface area (Å²) in [6, 6.07) is -0.661. The third-order valence-electron chi connectivity index (χ3n) is 2.26. The lowest BCUT2D eigenvalue weighted by Crippen LogP contribution is -2.53. The summed E-state index contributed by atoms with van der Waals surface area (Å²) in [6.07, 6.45) is 2.22. The van der Waals surface area contributed by atoms with Crippen LogP contribution in [0.4, 0.5) is 0 Å². The summed E-state index contributed by atoms with van der Waals surface area (Å²) in [5.41, 5.74) is 5.15. The summed E-state index contributed by atoms with van der Waals surface area (Å²) < 4.78 is 0. The van der Waals surface area contributed by atoms with Crippen molar-refractivity contribution in [3.05, 3.63) is 6.42 Å². The standard InChI is InChI=1S/C9H15N2O3/c1-6(12)9(14)11-5-3-2-4-7(11)8(10)13/h4,6-7,12H,2-3,5H2,1H3,(H2,10,13)/t6-,7+/m0/s1. The molecule has 14 heavy (non-hydrogen) atoms. The van der Waals surface area contributed by atoms with E-state index in [4.69, 9.17) is 10.8 Å². The summed E-state index contributed by atoms with van der Waals surface area (Å²) in [5, 5.41) is 9.12. The van der Waals surface area contributed by atoms with Gasteiger partial charge < -0.3 is 15.7 Å². The highest BCUT2D eigenvalue weighted by Gasteiger charge is 2.32. The molecule has 0 spiro atoms. The summed E-state index contributed by atoms with van der Waals surface area (Å²) in [7, 11) is 0. The highest BCUT2D eigenvalue weighted by molar-refractivity contribution is 5.89. The van der Waals surface area contributed by atoms with Gasteiger partial charge in [0.15, 0.2) is 0 Å². The molecular weight excluding hydrogens is 184 g/mol. The lowest BCUT2D eigenvalue weighted by molar-refractivity contribution is -0.145. The number of carbonyl (C=O) groups excluding carboxylic acids is 2. The van der Waals surface area contributed by atoms with Crippen molar-refractivity contribution in [1.82, 2.24) is 4.90 Å². The van der Waals surface area contributed by atoms with Gasteiger partial charge in [-0.05, 0) is 26.2 Å². The second-order valence-corrected chi connectivity index (χ2v) is 3.43. The van der Waals surface area contributed by atoms with Crippen LogP contribution in [0, 0.1) is 6.42 Å². The number of nitrogens with zero attached hydrogens (tertiary/aromatic N) is 1. The molecule has 0 saturated carbocycles. The molecule has 1 heterocycles. The summed E-state index contributed by atoms with van der Waals surface area (Å²) >= 11 is 0. The summed E-state index contributed by atoms with van der Waals surface area (Å²) in [4.78, 5) is 23.8. The maximum atomic E-state index is 11.5. The normalized spacial score (nSPS) is 24.4. The molecule has 79 valence electrons. The van der Waals surface area contributed by atoms with E-state index in [1.165, 1.54) is 11.8 Å². The Balaban J connectivity index is 2.72. The first-order chi connectivity index (χ1) is 6.54. The average molecular weight is 199 g/mol. The Morgan fingerprint density at radius 3 is 2.79 bits per heavy atom. The molecule has 5 nitrogen and oxygen atoms in total. The van der Waals surface area contributed by atoms with E-state index in [0.717, 1.165) is 12.8 Å². The quantitative estimate of drug-likeness (QED) is 0.601. The van der Waals surface area contributed by atoms with Gasteiger partial charge in [-0.2, -0.15) is 0 Å². The van der Waals surface area contributed by atoms with E-state index in [-0.39, 0.29) is 0 Å². The highest BCUT2D eigenvalue weighted by Crippen LogP contribution is 2.16. The monoisotopic (exact) mass is 199 g/mol. The first-order valence-corrected chi connectivity index (χ1v) is 4.65. The predicted octanol–water partition coefficient (Wildman–Crippen LogP) is -0.952. The van der Waals surface area contributed by atoms with Gasteiger partial charge in [-0.1, -0.05) is 0 Å². The van der Waals surface area contributed by atoms with Crippen LogP contribution in [0.15, 0.2) is 0 Å². The van der Waals surface area contributed by atoms with Crippen LogP contribution < -0.4 is 5.73 Å². The van der Waals surface area contributed by atoms with Gasteiger partial charge in [-0.25, -0.2) is 0 Å². The van der Waals surface area contributed by atoms with Crippen LogP contribution in [0.1, 0.15) is 19.8 Å². The number of amides is 2. The molecule has 1 radical (unpaired) electrons. The number of aliphatic hydroxyl groups is 1. The smallest absolute Gasteiger partial charge is 0.251 e. The minimum absolute atomic E-state index is 0.440. The SMILES string of the molecule is C[C@H](O)C(=O)N1CCC[CH][C@@H]1C(N)=O. The second-order valence-electron chi connectivity index (χ2n) is 3.43. The van der Waals surface area contributed by atoms with Crippen molar-refractivity contribution in [2.75, 3.05) is 6.54 Å². The van der Waals surface area contributed by atoms with E-state index in [1.807, 2.05) is 0 Å². The zero-order valence-corrected chi connectivity index (χ0v) is 8.14. The number of likely N-dealkylation sites (tertiary alicyclic amines) is 1. The topological polar surface area (TPSA) is 83.6 Å². The minimum atomic E-state index is -1.08. The maximum absolute atomic E-state index is 11.5.